The highest BCUT2D eigenvalue weighted by Crippen LogP contribution is 2.22. The lowest BCUT2D eigenvalue weighted by Crippen LogP contribution is -2.29. The number of thioether (sulfide) groups is 1. The van der Waals surface area contributed by atoms with Crippen LogP contribution in [-0.4, -0.2) is 28.1 Å². The van der Waals surface area contributed by atoms with Crippen molar-refractivity contribution in [2.45, 2.75) is 27.2 Å². The second-order valence-electron chi connectivity index (χ2n) is 3.59. The van der Waals surface area contributed by atoms with Crippen LogP contribution in [0.3, 0.4) is 0 Å². The molecule has 0 rings (SSSR count). The summed E-state index contributed by atoms with van der Waals surface area (Å²) in [5.74, 6) is -1.52. The SMILES string of the molecule is CCSC(=O)OOC(=O)C(C)(C)CC(=O)O. The maximum Gasteiger partial charge on any atom is 0.413 e. The van der Waals surface area contributed by atoms with Gasteiger partial charge in [-0.15, -0.1) is 0 Å². The zero-order chi connectivity index (χ0) is 12.8. The Bertz CT molecular complexity index is 286. The zero-order valence-corrected chi connectivity index (χ0v) is 10.1. The predicted molar refractivity (Wildman–Crippen MR) is 56.7 cm³/mol. The first-order chi connectivity index (χ1) is 7.29. The van der Waals surface area contributed by atoms with Gasteiger partial charge in [-0.2, -0.15) is 0 Å². The van der Waals surface area contributed by atoms with Crippen molar-refractivity contribution in [1.82, 2.24) is 0 Å². The molecular weight excluding hydrogens is 236 g/mol. The van der Waals surface area contributed by atoms with Crippen LogP contribution in [0.25, 0.3) is 0 Å². The fourth-order valence-electron chi connectivity index (χ4n) is 0.777. The summed E-state index contributed by atoms with van der Waals surface area (Å²) in [6, 6.07) is 0. The third-order valence-electron chi connectivity index (χ3n) is 1.59. The van der Waals surface area contributed by atoms with E-state index in [1.54, 1.807) is 6.92 Å². The first-order valence-electron chi connectivity index (χ1n) is 4.57. The second-order valence-corrected chi connectivity index (χ2v) is 4.79. The topological polar surface area (TPSA) is 89.9 Å². The lowest BCUT2D eigenvalue weighted by atomic mass is 9.90. The first-order valence-corrected chi connectivity index (χ1v) is 5.55. The molecular formula is C9H14O6S. The Balaban J connectivity index is 4.14. The first kappa shape index (κ1) is 14.8. The van der Waals surface area contributed by atoms with Crippen LogP contribution >= 0.6 is 11.8 Å². The number of carboxylic acids is 1. The minimum Gasteiger partial charge on any atom is -0.481 e. The summed E-state index contributed by atoms with van der Waals surface area (Å²) in [5, 5.41) is 7.81. The van der Waals surface area contributed by atoms with Gasteiger partial charge in [0.1, 0.15) is 0 Å². The molecule has 0 aliphatic heterocycles. The van der Waals surface area contributed by atoms with Gasteiger partial charge in [-0.25, -0.2) is 19.4 Å². The summed E-state index contributed by atoms with van der Waals surface area (Å²) in [5.41, 5.74) is -1.23. The van der Waals surface area contributed by atoms with Gasteiger partial charge in [-0.1, -0.05) is 6.92 Å². The summed E-state index contributed by atoms with van der Waals surface area (Å²) in [6.07, 6.45) is -0.399. The molecule has 0 bridgehead atoms. The highest BCUT2D eigenvalue weighted by atomic mass is 32.2. The smallest absolute Gasteiger partial charge is 0.413 e. The van der Waals surface area contributed by atoms with E-state index in [-0.39, 0.29) is 0 Å². The molecule has 1 N–H and O–H groups in total. The van der Waals surface area contributed by atoms with Gasteiger partial charge in [0.25, 0.3) is 0 Å². The van der Waals surface area contributed by atoms with Crippen molar-refractivity contribution >= 4 is 29.0 Å². The van der Waals surface area contributed by atoms with Gasteiger partial charge in [-0.05, 0) is 25.6 Å². The molecule has 0 aromatic heterocycles. The van der Waals surface area contributed by atoms with Crippen molar-refractivity contribution in [2.75, 3.05) is 5.75 Å². The Morgan fingerprint density at radius 2 is 1.81 bits per heavy atom. The van der Waals surface area contributed by atoms with Crippen LogP contribution in [0.1, 0.15) is 27.2 Å². The number of carbonyl (C=O) groups excluding carboxylic acids is 2. The minimum atomic E-state index is -1.23. The van der Waals surface area contributed by atoms with Crippen molar-refractivity contribution in [3.8, 4) is 0 Å². The molecule has 0 spiro atoms. The second kappa shape index (κ2) is 6.37. The van der Waals surface area contributed by atoms with E-state index < -0.39 is 29.1 Å². The number of carbonyl (C=O) groups is 3. The monoisotopic (exact) mass is 250 g/mol. The van der Waals surface area contributed by atoms with Crippen LogP contribution in [0.5, 0.6) is 0 Å². The summed E-state index contributed by atoms with van der Waals surface area (Å²) in [6.45, 7) is 4.52. The number of rotatable bonds is 4. The molecule has 92 valence electrons. The molecule has 0 radical (unpaired) electrons. The average Bonchev–Trinajstić information content (AvgIpc) is 2.12. The van der Waals surface area contributed by atoms with Crippen molar-refractivity contribution in [3.63, 3.8) is 0 Å². The molecule has 0 saturated carbocycles. The van der Waals surface area contributed by atoms with Gasteiger partial charge in [0.2, 0.25) is 0 Å². The molecule has 16 heavy (non-hydrogen) atoms. The molecule has 0 aliphatic rings. The summed E-state index contributed by atoms with van der Waals surface area (Å²) < 4.78 is 0. The maximum absolute atomic E-state index is 11.3. The lowest BCUT2D eigenvalue weighted by Gasteiger charge is -2.17. The Morgan fingerprint density at radius 3 is 2.25 bits per heavy atom. The largest absolute Gasteiger partial charge is 0.481 e. The Hall–Kier alpha value is -1.24. The maximum atomic E-state index is 11.3. The third kappa shape index (κ3) is 5.59. The fraction of sp³-hybridized carbons (Fsp3) is 0.667. The van der Waals surface area contributed by atoms with E-state index in [2.05, 4.69) is 9.78 Å². The van der Waals surface area contributed by atoms with Gasteiger partial charge in [0.05, 0.1) is 11.8 Å². The molecule has 0 aromatic rings. The molecule has 0 aliphatic carbocycles. The number of aliphatic carboxylic acids is 1. The van der Waals surface area contributed by atoms with E-state index in [4.69, 9.17) is 5.11 Å². The molecule has 0 amide bonds. The molecule has 0 heterocycles. The van der Waals surface area contributed by atoms with E-state index >= 15 is 0 Å². The molecule has 0 atom stereocenters. The normalized spacial score (nSPS) is 10.7. The fourth-order valence-corrected chi connectivity index (χ4v) is 1.09. The van der Waals surface area contributed by atoms with Crippen LogP contribution in [0, 0.1) is 5.41 Å². The Labute approximate surface area is 97.2 Å². The zero-order valence-electron chi connectivity index (χ0n) is 9.31. The van der Waals surface area contributed by atoms with Gasteiger partial charge in [0.15, 0.2) is 0 Å². The number of hydrogen-bond donors (Lipinski definition) is 1. The molecule has 6 nitrogen and oxygen atoms in total. The molecule has 0 fully saturated rings. The lowest BCUT2D eigenvalue weighted by molar-refractivity contribution is -0.237. The van der Waals surface area contributed by atoms with E-state index in [1.807, 2.05) is 0 Å². The van der Waals surface area contributed by atoms with Crippen molar-refractivity contribution in [1.29, 1.82) is 0 Å². The molecule has 0 saturated heterocycles. The number of carboxylic acid groups (broad SMARTS) is 1. The third-order valence-corrected chi connectivity index (χ3v) is 2.19. The molecule has 0 unspecified atom stereocenters. The van der Waals surface area contributed by atoms with E-state index in [1.165, 1.54) is 13.8 Å². The van der Waals surface area contributed by atoms with Crippen LogP contribution in [0.4, 0.5) is 4.79 Å². The highest BCUT2D eigenvalue weighted by Gasteiger charge is 2.34. The van der Waals surface area contributed by atoms with Gasteiger partial charge >= 0.3 is 17.2 Å². The van der Waals surface area contributed by atoms with E-state index in [9.17, 15) is 14.4 Å². The van der Waals surface area contributed by atoms with Gasteiger partial charge in [-0.3, -0.25) is 4.79 Å². The number of hydrogen-bond acceptors (Lipinski definition) is 6. The molecule has 0 aromatic carbocycles. The van der Waals surface area contributed by atoms with Crippen LogP contribution in [0.15, 0.2) is 0 Å². The van der Waals surface area contributed by atoms with Crippen LogP contribution in [0.2, 0.25) is 0 Å². The Kier molecular flexibility index (Phi) is 5.87. The average molecular weight is 250 g/mol. The quantitative estimate of drug-likeness (QED) is 0.601. The Morgan fingerprint density at radius 1 is 1.25 bits per heavy atom. The van der Waals surface area contributed by atoms with Crippen molar-refractivity contribution in [2.24, 2.45) is 5.41 Å². The standard InChI is InChI=1S/C9H14O6S/c1-4-16-8(13)15-14-7(12)9(2,3)5-6(10)11/h4-5H2,1-3H3,(H,10,11). The van der Waals surface area contributed by atoms with Crippen molar-refractivity contribution < 1.29 is 29.3 Å². The summed E-state index contributed by atoms with van der Waals surface area (Å²) in [7, 11) is 0. The minimum absolute atomic E-state index is 0.399. The summed E-state index contributed by atoms with van der Waals surface area (Å²) in [4.78, 5) is 41.1. The van der Waals surface area contributed by atoms with E-state index in [0.29, 0.717) is 5.75 Å². The van der Waals surface area contributed by atoms with E-state index in [0.717, 1.165) is 11.8 Å². The van der Waals surface area contributed by atoms with Gasteiger partial charge in [0, 0.05) is 5.75 Å². The summed E-state index contributed by atoms with van der Waals surface area (Å²) >= 11 is 0.843. The van der Waals surface area contributed by atoms with Crippen LogP contribution < -0.4 is 0 Å². The predicted octanol–water partition coefficient (Wildman–Crippen LogP) is 1.84. The molecule has 7 heteroatoms. The van der Waals surface area contributed by atoms with Gasteiger partial charge < -0.3 is 5.11 Å². The van der Waals surface area contributed by atoms with Crippen LogP contribution in [-0.2, 0) is 19.4 Å². The highest BCUT2D eigenvalue weighted by molar-refractivity contribution is 8.13. The van der Waals surface area contributed by atoms with Crippen molar-refractivity contribution in [3.05, 3.63) is 0 Å².